The minimum atomic E-state index is 0.147. The average Bonchev–Trinajstić information content (AvgIpc) is 2.71. The lowest BCUT2D eigenvalue weighted by molar-refractivity contribution is -0.133. The van der Waals surface area contributed by atoms with Crippen molar-refractivity contribution in [1.82, 2.24) is 9.88 Å². The molecular formula is C22H26N2O3. The van der Waals surface area contributed by atoms with Crippen molar-refractivity contribution in [3.8, 4) is 11.3 Å². The van der Waals surface area contributed by atoms with Crippen LogP contribution in [-0.2, 0) is 40.3 Å². The maximum absolute atomic E-state index is 12.5. The third-order valence-electron chi connectivity index (χ3n) is 5.50. The molecule has 1 aromatic heterocycles. The van der Waals surface area contributed by atoms with E-state index in [1.54, 1.807) is 7.11 Å². The van der Waals surface area contributed by atoms with Crippen molar-refractivity contribution in [3.63, 3.8) is 0 Å². The van der Waals surface area contributed by atoms with Gasteiger partial charge in [-0.25, -0.2) is 0 Å². The van der Waals surface area contributed by atoms with Crippen molar-refractivity contribution in [2.75, 3.05) is 20.3 Å². The van der Waals surface area contributed by atoms with Crippen LogP contribution in [0.25, 0.3) is 11.3 Å². The van der Waals surface area contributed by atoms with Crippen LogP contribution in [0.2, 0.25) is 0 Å². The van der Waals surface area contributed by atoms with Crippen LogP contribution in [0.15, 0.2) is 30.3 Å². The van der Waals surface area contributed by atoms with E-state index < -0.39 is 0 Å². The van der Waals surface area contributed by atoms with E-state index in [2.05, 4.69) is 31.2 Å². The van der Waals surface area contributed by atoms with Crippen molar-refractivity contribution < 1.29 is 14.3 Å². The van der Waals surface area contributed by atoms with E-state index in [4.69, 9.17) is 14.5 Å². The van der Waals surface area contributed by atoms with E-state index >= 15 is 0 Å². The Labute approximate surface area is 160 Å². The molecule has 2 aromatic rings. The summed E-state index contributed by atoms with van der Waals surface area (Å²) in [6.07, 6.45) is 2.26. The summed E-state index contributed by atoms with van der Waals surface area (Å²) in [4.78, 5) is 19.5. The Morgan fingerprint density at radius 3 is 2.85 bits per heavy atom. The van der Waals surface area contributed by atoms with Gasteiger partial charge in [-0.15, -0.1) is 0 Å². The molecule has 1 aromatic carbocycles. The number of carbonyl (C=O) groups is 1. The van der Waals surface area contributed by atoms with Crippen LogP contribution < -0.4 is 0 Å². The van der Waals surface area contributed by atoms with Crippen LogP contribution in [0.1, 0.15) is 35.7 Å². The van der Waals surface area contributed by atoms with E-state index in [-0.39, 0.29) is 12.0 Å². The average molecular weight is 366 g/mol. The number of hydrogen-bond acceptors (Lipinski definition) is 4. The molecule has 2 aliphatic rings. The summed E-state index contributed by atoms with van der Waals surface area (Å²) in [5.41, 5.74) is 7.06. The van der Waals surface area contributed by atoms with E-state index in [0.717, 1.165) is 29.8 Å². The Hall–Kier alpha value is -2.24. The van der Waals surface area contributed by atoms with Crippen molar-refractivity contribution in [3.05, 3.63) is 52.7 Å². The number of benzene rings is 1. The number of fused-ring (bicyclic) bond motifs is 3. The standard InChI is InChI=1S/C22H26N2O3/c1-15-12-17-19(14-27-15)18-13-24(21(25)9-11-26-2)10-8-20(18)23-22(17)16-6-4-3-5-7-16/h3-7,15H,8-14H2,1-2H3/t15-/m0/s1. The molecule has 3 heterocycles. The lowest BCUT2D eigenvalue weighted by Gasteiger charge is -2.34. The van der Waals surface area contributed by atoms with Gasteiger partial charge in [0, 0.05) is 44.3 Å². The highest BCUT2D eigenvalue weighted by molar-refractivity contribution is 5.77. The summed E-state index contributed by atoms with van der Waals surface area (Å²) >= 11 is 0. The third-order valence-corrected chi connectivity index (χ3v) is 5.50. The van der Waals surface area contributed by atoms with Gasteiger partial charge in [-0.3, -0.25) is 9.78 Å². The number of rotatable bonds is 4. The van der Waals surface area contributed by atoms with Gasteiger partial charge in [0.25, 0.3) is 0 Å². The Bertz CT molecular complexity index is 835. The number of hydrogen-bond donors (Lipinski definition) is 0. The van der Waals surface area contributed by atoms with Crippen molar-refractivity contribution in [2.45, 2.75) is 45.4 Å². The number of ether oxygens (including phenoxy) is 2. The first kappa shape index (κ1) is 18.1. The van der Waals surface area contributed by atoms with Crippen LogP contribution in [0, 0.1) is 0 Å². The lowest BCUT2D eigenvalue weighted by atomic mass is 9.88. The summed E-state index contributed by atoms with van der Waals surface area (Å²) in [5, 5.41) is 0. The molecule has 0 unspecified atom stereocenters. The first-order valence-electron chi connectivity index (χ1n) is 9.64. The molecule has 142 valence electrons. The zero-order valence-corrected chi connectivity index (χ0v) is 16.0. The maximum atomic E-state index is 12.5. The molecule has 0 spiro atoms. The van der Waals surface area contributed by atoms with Crippen LogP contribution in [-0.4, -0.2) is 42.2 Å². The molecule has 0 fully saturated rings. The fourth-order valence-corrected chi connectivity index (χ4v) is 4.03. The highest BCUT2D eigenvalue weighted by Gasteiger charge is 2.30. The minimum absolute atomic E-state index is 0.147. The van der Waals surface area contributed by atoms with Crippen LogP contribution in [0.3, 0.4) is 0 Å². The predicted octanol–water partition coefficient (Wildman–Crippen LogP) is 3.13. The van der Waals surface area contributed by atoms with Crippen LogP contribution in [0.4, 0.5) is 0 Å². The molecule has 4 rings (SSSR count). The highest BCUT2D eigenvalue weighted by atomic mass is 16.5. The second-order valence-corrected chi connectivity index (χ2v) is 7.34. The molecule has 0 saturated heterocycles. The van der Waals surface area contributed by atoms with Gasteiger partial charge < -0.3 is 14.4 Å². The minimum Gasteiger partial charge on any atom is -0.384 e. The molecule has 2 aliphatic heterocycles. The first-order valence-corrected chi connectivity index (χ1v) is 9.64. The molecule has 27 heavy (non-hydrogen) atoms. The van der Waals surface area contributed by atoms with E-state index in [9.17, 15) is 4.79 Å². The molecule has 5 heteroatoms. The van der Waals surface area contributed by atoms with Crippen molar-refractivity contribution >= 4 is 5.91 Å². The summed E-state index contributed by atoms with van der Waals surface area (Å²) in [6, 6.07) is 10.4. The zero-order chi connectivity index (χ0) is 18.8. The van der Waals surface area contributed by atoms with E-state index in [1.165, 1.54) is 16.7 Å². The third kappa shape index (κ3) is 3.62. The smallest absolute Gasteiger partial charge is 0.225 e. The molecule has 0 aliphatic carbocycles. The quantitative estimate of drug-likeness (QED) is 0.834. The maximum Gasteiger partial charge on any atom is 0.225 e. The SMILES string of the molecule is COCCC(=O)N1CCc2nc(-c3ccccc3)c3c(c2C1)CO[C@@H](C)C3. The van der Waals surface area contributed by atoms with Gasteiger partial charge in [0.15, 0.2) is 0 Å². The summed E-state index contributed by atoms with van der Waals surface area (Å²) in [6.45, 7) is 4.51. The number of aromatic nitrogens is 1. The molecular weight excluding hydrogens is 340 g/mol. The summed E-state index contributed by atoms with van der Waals surface area (Å²) in [5.74, 6) is 0.147. The number of pyridine rings is 1. The molecule has 0 saturated carbocycles. The molecule has 0 bridgehead atoms. The lowest BCUT2D eigenvalue weighted by Crippen LogP contribution is -2.38. The predicted molar refractivity (Wildman–Crippen MR) is 103 cm³/mol. The highest BCUT2D eigenvalue weighted by Crippen LogP contribution is 2.35. The molecule has 0 radical (unpaired) electrons. The van der Waals surface area contributed by atoms with Gasteiger partial charge in [-0.2, -0.15) is 0 Å². The monoisotopic (exact) mass is 366 g/mol. The van der Waals surface area contributed by atoms with Crippen molar-refractivity contribution in [2.24, 2.45) is 0 Å². The normalized spacial score (nSPS) is 18.7. The second kappa shape index (κ2) is 7.79. The number of nitrogens with zero attached hydrogens (tertiary/aromatic N) is 2. The Morgan fingerprint density at radius 1 is 1.26 bits per heavy atom. The zero-order valence-electron chi connectivity index (χ0n) is 16.0. The topological polar surface area (TPSA) is 51.7 Å². The van der Waals surface area contributed by atoms with Crippen LogP contribution >= 0.6 is 0 Å². The van der Waals surface area contributed by atoms with E-state index in [1.807, 2.05) is 11.0 Å². The fraction of sp³-hybridized carbons (Fsp3) is 0.455. The number of amides is 1. The first-order chi connectivity index (χ1) is 13.2. The fourth-order valence-electron chi connectivity index (χ4n) is 4.03. The summed E-state index contributed by atoms with van der Waals surface area (Å²) in [7, 11) is 1.63. The molecule has 0 N–H and O–H groups in total. The van der Waals surface area contributed by atoms with Gasteiger partial charge in [0.2, 0.25) is 5.91 Å². The van der Waals surface area contributed by atoms with Crippen LogP contribution in [0.5, 0.6) is 0 Å². The van der Waals surface area contributed by atoms with Gasteiger partial charge in [-0.05, 0) is 23.6 Å². The van der Waals surface area contributed by atoms with Gasteiger partial charge in [-0.1, -0.05) is 30.3 Å². The molecule has 1 atom stereocenters. The Kier molecular flexibility index (Phi) is 5.23. The number of carbonyl (C=O) groups excluding carboxylic acids is 1. The Morgan fingerprint density at radius 2 is 2.07 bits per heavy atom. The van der Waals surface area contributed by atoms with E-state index in [0.29, 0.717) is 32.7 Å². The van der Waals surface area contributed by atoms with Crippen molar-refractivity contribution in [1.29, 1.82) is 0 Å². The number of methoxy groups -OCH3 is 1. The van der Waals surface area contributed by atoms with Gasteiger partial charge in [0.05, 0.1) is 31.4 Å². The Balaban J connectivity index is 1.73. The van der Waals surface area contributed by atoms with Gasteiger partial charge in [0.1, 0.15) is 0 Å². The summed E-state index contributed by atoms with van der Waals surface area (Å²) < 4.78 is 11.0. The molecule has 5 nitrogen and oxygen atoms in total. The largest absolute Gasteiger partial charge is 0.384 e. The second-order valence-electron chi connectivity index (χ2n) is 7.34. The van der Waals surface area contributed by atoms with Gasteiger partial charge >= 0.3 is 0 Å². The molecule has 1 amide bonds.